The van der Waals surface area contributed by atoms with Gasteiger partial charge in [-0.25, -0.2) is 4.79 Å². The number of carbonyl (C=O) groups excluding carboxylic acids is 2. The van der Waals surface area contributed by atoms with Crippen molar-refractivity contribution in [2.75, 3.05) is 4.90 Å². The molecule has 2 N–H and O–H groups in total. The molecular formula is C26H18ClNO5. The Labute approximate surface area is 194 Å². The molecule has 1 amide bonds. The van der Waals surface area contributed by atoms with Crippen LogP contribution in [0.4, 0.5) is 5.69 Å². The van der Waals surface area contributed by atoms with Gasteiger partial charge in [0.15, 0.2) is 11.5 Å². The molecule has 3 aromatic carbocycles. The van der Waals surface area contributed by atoms with Gasteiger partial charge in [-0.3, -0.25) is 14.5 Å². The van der Waals surface area contributed by atoms with Gasteiger partial charge >= 0.3 is 5.97 Å². The number of amides is 1. The smallest absolute Gasteiger partial charge is 0.335 e. The van der Waals surface area contributed by atoms with Crippen molar-refractivity contribution in [3.63, 3.8) is 0 Å². The van der Waals surface area contributed by atoms with Crippen LogP contribution in [-0.2, 0) is 9.59 Å². The quantitative estimate of drug-likeness (QED) is 0.493. The zero-order valence-electron chi connectivity index (χ0n) is 17.2. The van der Waals surface area contributed by atoms with Gasteiger partial charge in [-0.05, 0) is 41.5 Å². The van der Waals surface area contributed by atoms with E-state index in [4.69, 9.17) is 11.6 Å². The monoisotopic (exact) mass is 459 g/mol. The van der Waals surface area contributed by atoms with Crippen molar-refractivity contribution in [3.8, 4) is 0 Å². The number of nitrogens with zero attached hydrogens (tertiary/aromatic N) is 1. The van der Waals surface area contributed by atoms with Gasteiger partial charge in [-0.15, -0.1) is 0 Å². The van der Waals surface area contributed by atoms with Crippen LogP contribution in [0.25, 0.3) is 6.08 Å². The molecule has 3 aromatic rings. The van der Waals surface area contributed by atoms with Crippen LogP contribution >= 0.6 is 11.6 Å². The summed E-state index contributed by atoms with van der Waals surface area (Å²) in [6.45, 7) is 0. The molecule has 164 valence electrons. The Bertz CT molecular complexity index is 1310. The standard InChI is InChI=1S/C26H18ClNO5/c27-20-12-5-4-11-19(20)23-22(21(29)14-13-16-7-2-1-3-8-16)24(30)25(31)28(23)18-10-6-9-17(15-18)26(32)33/h1-15,23,30H,(H,32,33)/b14-13+/t23-/m1/s1. The zero-order valence-corrected chi connectivity index (χ0v) is 17.9. The van der Waals surface area contributed by atoms with E-state index in [1.807, 2.05) is 30.3 Å². The lowest BCUT2D eigenvalue weighted by Crippen LogP contribution is -2.31. The molecule has 0 spiro atoms. The van der Waals surface area contributed by atoms with E-state index < -0.39 is 29.5 Å². The summed E-state index contributed by atoms with van der Waals surface area (Å²) in [5.74, 6) is -3.26. The average Bonchev–Trinajstić information content (AvgIpc) is 3.09. The molecule has 0 saturated heterocycles. The summed E-state index contributed by atoms with van der Waals surface area (Å²) in [5.41, 5.74) is 1.23. The maximum atomic E-state index is 13.2. The van der Waals surface area contributed by atoms with Crippen LogP contribution in [0.3, 0.4) is 0 Å². The maximum Gasteiger partial charge on any atom is 0.335 e. The van der Waals surface area contributed by atoms with E-state index in [1.54, 1.807) is 30.3 Å². The fourth-order valence-electron chi connectivity index (χ4n) is 3.73. The Balaban J connectivity index is 1.83. The van der Waals surface area contributed by atoms with Gasteiger partial charge < -0.3 is 10.2 Å². The predicted octanol–water partition coefficient (Wildman–Crippen LogP) is 5.22. The highest BCUT2D eigenvalue weighted by Gasteiger charge is 2.44. The number of carboxylic acid groups (broad SMARTS) is 1. The number of hydrogen-bond donors (Lipinski definition) is 2. The second kappa shape index (κ2) is 9.14. The van der Waals surface area contributed by atoms with Gasteiger partial charge in [0.25, 0.3) is 5.91 Å². The minimum absolute atomic E-state index is 0.0403. The number of benzene rings is 3. The molecule has 4 rings (SSSR count). The minimum atomic E-state index is -1.17. The van der Waals surface area contributed by atoms with Crippen LogP contribution in [0.1, 0.15) is 27.5 Å². The number of carboxylic acids is 1. The summed E-state index contributed by atoms with van der Waals surface area (Å²) >= 11 is 6.41. The lowest BCUT2D eigenvalue weighted by atomic mass is 9.95. The number of aliphatic hydroxyl groups excluding tert-OH is 1. The number of rotatable bonds is 6. The van der Waals surface area contributed by atoms with E-state index in [1.165, 1.54) is 35.2 Å². The number of ketones is 1. The van der Waals surface area contributed by atoms with Crippen LogP contribution in [0.15, 0.2) is 96.3 Å². The predicted molar refractivity (Wildman–Crippen MR) is 125 cm³/mol. The van der Waals surface area contributed by atoms with Crippen molar-refractivity contribution in [1.82, 2.24) is 0 Å². The highest BCUT2D eigenvalue weighted by Crippen LogP contribution is 2.43. The SMILES string of the molecule is O=C(/C=C/c1ccccc1)C1=C(O)C(=O)N(c2cccc(C(=O)O)c2)[C@@H]1c1ccccc1Cl. The molecular weight excluding hydrogens is 442 g/mol. The number of carbonyl (C=O) groups is 3. The first-order chi connectivity index (χ1) is 15.9. The molecule has 0 saturated carbocycles. The molecule has 7 heteroatoms. The number of anilines is 1. The van der Waals surface area contributed by atoms with Crippen LogP contribution in [0.2, 0.25) is 5.02 Å². The van der Waals surface area contributed by atoms with E-state index >= 15 is 0 Å². The van der Waals surface area contributed by atoms with Crippen molar-refractivity contribution in [2.45, 2.75) is 6.04 Å². The number of allylic oxidation sites excluding steroid dienone is 1. The largest absolute Gasteiger partial charge is 0.503 e. The summed E-state index contributed by atoms with van der Waals surface area (Å²) in [6, 6.07) is 20.5. The fraction of sp³-hybridized carbons (Fsp3) is 0.0385. The van der Waals surface area contributed by atoms with E-state index in [2.05, 4.69) is 0 Å². The van der Waals surface area contributed by atoms with Crippen molar-refractivity contribution < 1.29 is 24.6 Å². The summed E-state index contributed by atoms with van der Waals surface area (Å²) in [6.07, 6.45) is 2.87. The molecule has 0 unspecified atom stereocenters. The second-order valence-corrected chi connectivity index (χ2v) is 7.73. The molecule has 0 aliphatic carbocycles. The van der Waals surface area contributed by atoms with Crippen molar-refractivity contribution in [2.24, 2.45) is 0 Å². The molecule has 6 nitrogen and oxygen atoms in total. The molecule has 0 fully saturated rings. The van der Waals surface area contributed by atoms with Crippen LogP contribution < -0.4 is 4.90 Å². The first-order valence-electron chi connectivity index (χ1n) is 10.0. The van der Waals surface area contributed by atoms with Crippen LogP contribution in [0.5, 0.6) is 0 Å². The Morgan fingerprint density at radius 3 is 2.33 bits per heavy atom. The van der Waals surface area contributed by atoms with Gasteiger partial charge in [-0.2, -0.15) is 0 Å². The average molecular weight is 460 g/mol. The second-order valence-electron chi connectivity index (χ2n) is 7.33. The van der Waals surface area contributed by atoms with E-state index in [0.717, 1.165) is 5.56 Å². The van der Waals surface area contributed by atoms with E-state index in [-0.39, 0.29) is 16.8 Å². The Morgan fingerprint density at radius 2 is 1.64 bits per heavy atom. The van der Waals surface area contributed by atoms with Gasteiger partial charge in [0, 0.05) is 10.7 Å². The van der Waals surface area contributed by atoms with E-state index in [9.17, 15) is 24.6 Å². The van der Waals surface area contributed by atoms with Crippen LogP contribution in [0, 0.1) is 0 Å². The van der Waals surface area contributed by atoms with Gasteiger partial charge in [0.2, 0.25) is 0 Å². The van der Waals surface area contributed by atoms with Gasteiger partial charge in [0.1, 0.15) is 0 Å². The van der Waals surface area contributed by atoms with Crippen molar-refractivity contribution in [3.05, 3.63) is 118 Å². The number of hydrogen-bond acceptors (Lipinski definition) is 4. The normalized spacial score (nSPS) is 16.0. The van der Waals surface area contributed by atoms with Gasteiger partial charge in [-0.1, -0.05) is 72.3 Å². The molecule has 1 aliphatic rings. The lowest BCUT2D eigenvalue weighted by molar-refractivity contribution is -0.117. The Hall–Kier alpha value is -4.16. The Kier molecular flexibility index (Phi) is 6.11. The fourth-order valence-corrected chi connectivity index (χ4v) is 3.97. The molecule has 0 radical (unpaired) electrons. The number of aromatic carboxylic acids is 1. The topological polar surface area (TPSA) is 94.9 Å². The third kappa shape index (κ3) is 4.29. The summed E-state index contributed by atoms with van der Waals surface area (Å²) in [4.78, 5) is 39.0. The van der Waals surface area contributed by atoms with Gasteiger partial charge in [0.05, 0.1) is 17.2 Å². The maximum absolute atomic E-state index is 13.2. The third-order valence-corrected chi connectivity index (χ3v) is 5.62. The highest BCUT2D eigenvalue weighted by atomic mass is 35.5. The zero-order chi connectivity index (χ0) is 23.5. The van der Waals surface area contributed by atoms with Crippen molar-refractivity contribution in [1.29, 1.82) is 0 Å². The number of halogens is 1. The molecule has 33 heavy (non-hydrogen) atoms. The molecule has 1 aliphatic heterocycles. The molecule has 1 atom stereocenters. The molecule has 0 bridgehead atoms. The van der Waals surface area contributed by atoms with Crippen LogP contribution in [-0.4, -0.2) is 27.9 Å². The summed E-state index contributed by atoms with van der Waals surface area (Å²) < 4.78 is 0. The summed E-state index contributed by atoms with van der Waals surface area (Å²) in [5, 5.41) is 20.4. The molecule has 1 heterocycles. The van der Waals surface area contributed by atoms with Crippen molar-refractivity contribution >= 4 is 41.0 Å². The molecule has 0 aromatic heterocycles. The first-order valence-corrected chi connectivity index (χ1v) is 10.4. The first kappa shape index (κ1) is 22.0. The number of aliphatic hydroxyl groups is 1. The summed E-state index contributed by atoms with van der Waals surface area (Å²) in [7, 11) is 0. The lowest BCUT2D eigenvalue weighted by Gasteiger charge is -2.27. The Morgan fingerprint density at radius 1 is 0.939 bits per heavy atom. The minimum Gasteiger partial charge on any atom is -0.503 e. The third-order valence-electron chi connectivity index (χ3n) is 5.27. The van der Waals surface area contributed by atoms with E-state index in [0.29, 0.717) is 10.6 Å². The highest BCUT2D eigenvalue weighted by molar-refractivity contribution is 6.32.